The number of amides is 2. The molecular formula is C28H38N2O2S. The Morgan fingerprint density at radius 2 is 1.52 bits per heavy atom. The molecule has 2 aliphatic carbocycles. The van der Waals surface area contributed by atoms with Crippen molar-refractivity contribution in [3.05, 3.63) is 57.8 Å². The highest BCUT2D eigenvalue weighted by atomic mass is 32.1. The van der Waals surface area contributed by atoms with Crippen LogP contribution in [0.5, 0.6) is 0 Å². The number of hydrogen-bond acceptors (Lipinski definition) is 3. The molecule has 0 aliphatic heterocycles. The topological polar surface area (TPSA) is 40.6 Å². The van der Waals surface area contributed by atoms with Crippen molar-refractivity contribution in [2.45, 2.75) is 90.3 Å². The van der Waals surface area contributed by atoms with Crippen molar-refractivity contribution >= 4 is 23.2 Å². The van der Waals surface area contributed by atoms with Gasteiger partial charge in [0, 0.05) is 28.3 Å². The molecule has 5 heteroatoms. The Balaban J connectivity index is 1.52. The van der Waals surface area contributed by atoms with Crippen LogP contribution in [-0.4, -0.2) is 34.2 Å². The van der Waals surface area contributed by atoms with Gasteiger partial charge >= 0.3 is 0 Å². The highest BCUT2D eigenvalue weighted by Crippen LogP contribution is 2.30. The summed E-state index contributed by atoms with van der Waals surface area (Å²) in [5, 5.41) is 0. The number of hydrogen-bond donors (Lipinski definition) is 0. The number of rotatable bonds is 8. The molecule has 0 saturated heterocycles. The van der Waals surface area contributed by atoms with E-state index in [0.29, 0.717) is 13.1 Å². The Bertz CT molecular complexity index is 898. The van der Waals surface area contributed by atoms with E-state index in [9.17, 15) is 9.59 Å². The molecule has 2 amide bonds. The van der Waals surface area contributed by atoms with Gasteiger partial charge < -0.3 is 9.80 Å². The third-order valence-corrected chi connectivity index (χ3v) is 8.26. The molecule has 2 aromatic rings. The minimum atomic E-state index is 0.0691. The van der Waals surface area contributed by atoms with Crippen LogP contribution < -0.4 is 0 Å². The number of nitrogens with zero attached hydrogens (tertiary/aromatic N) is 2. The van der Waals surface area contributed by atoms with Gasteiger partial charge in [0.2, 0.25) is 11.8 Å². The van der Waals surface area contributed by atoms with Crippen molar-refractivity contribution in [3.63, 3.8) is 0 Å². The van der Waals surface area contributed by atoms with E-state index < -0.39 is 0 Å². The molecule has 178 valence electrons. The van der Waals surface area contributed by atoms with Gasteiger partial charge in [-0.05, 0) is 50.3 Å². The number of carbonyl (C=O) groups is 2. The molecule has 0 bridgehead atoms. The monoisotopic (exact) mass is 466 g/mol. The van der Waals surface area contributed by atoms with Crippen LogP contribution in [0.25, 0.3) is 0 Å². The molecule has 0 unspecified atom stereocenters. The van der Waals surface area contributed by atoms with E-state index in [4.69, 9.17) is 0 Å². The van der Waals surface area contributed by atoms with E-state index in [0.717, 1.165) is 56.9 Å². The van der Waals surface area contributed by atoms with Gasteiger partial charge in [-0.2, -0.15) is 0 Å². The summed E-state index contributed by atoms with van der Waals surface area (Å²) in [5.41, 5.74) is 1.13. The summed E-state index contributed by atoms with van der Waals surface area (Å²) in [7, 11) is 0. The Kier molecular flexibility index (Phi) is 8.60. The highest BCUT2D eigenvalue weighted by molar-refractivity contribution is 7.11. The van der Waals surface area contributed by atoms with E-state index in [2.05, 4.69) is 31.2 Å². The van der Waals surface area contributed by atoms with Crippen LogP contribution in [-0.2, 0) is 22.7 Å². The first kappa shape index (κ1) is 24.0. The molecule has 1 heterocycles. The van der Waals surface area contributed by atoms with Gasteiger partial charge in [0.25, 0.3) is 0 Å². The van der Waals surface area contributed by atoms with Crippen molar-refractivity contribution in [1.29, 1.82) is 0 Å². The lowest BCUT2D eigenvalue weighted by Gasteiger charge is -2.38. The molecule has 2 saturated carbocycles. The van der Waals surface area contributed by atoms with Crippen LogP contribution in [0.3, 0.4) is 0 Å². The van der Waals surface area contributed by atoms with Gasteiger partial charge in [0.15, 0.2) is 0 Å². The maximum atomic E-state index is 13.7. The second-order valence-electron chi connectivity index (χ2n) is 9.84. The second kappa shape index (κ2) is 11.8. The predicted octanol–water partition coefficient (Wildman–Crippen LogP) is 6.33. The van der Waals surface area contributed by atoms with Gasteiger partial charge in [0.1, 0.15) is 6.54 Å². The number of aryl methyl sites for hydroxylation is 1. The first-order valence-corrected chi connectivity index (χ1v) is 13.6. The van der Waals surface area contributed by atoms with Crippen molar-refractivity contribution < 1.29 is 9.59 Å². The Labute approximate surface area is 203 Å². The quantitative estimate of drug-likeness (QED) is 0.456. The number of carbonyl (C=O) groups excluding carboxylic acids is 2. The van der Waals surface area contributed by atoms with Gasteiger partial charge in [-0.25, -0.2) is 0 Å². The lowest BCUT2D eigenvalue weighted by atomic mass is 9.86. The molecule has 4 nitrogen and oxygen atoms in total. The maximum absolute atomic E-state index is 13.7. The summed E-state index contributed by atoms with van der Waals surface area (Å²) >= 11 is 1.75. The Hall–Kier alpha value is -2.14. The molecule has 2 fully saturated rings. The van der Waals surface area contributed by atoms with Crippen molar-refractivity contribution in [2.75, 3.05) is 6.54 Å². The number of benzene rings is 1. The standard InChI is InChI=1S/C28H38N2O2S/c1-22-17-18-26(33-22)20-29(19-23-11-5-2-6-12-23)27(31)21-30(25-15-9-4-10-16-25)28(32)24-13-7-3-8-14-24/h2,5-6,11-12,17-18,24-25H,3-4,7-10,13-16,19-21H2,1H3. The van der Waals surface area contributed by atoms with Gasteiger partial charge in [0.05, 0.1) is 6.54 Å². The molecule has 4 rings (SSSR count). The lowest BCUT2D eigenvalue weighted by Crippen LogP contribution is -2.50. The average molecular weight is 467 g/mol. The first-order chi connectivity index (χ1) is 16.1. The third kappa shape index (κ3) is 6.69. The maximum Gasteiger partial charge on any atom is 0.242 e. The molecule has 33 heavy (non-hydrogen) atoms. The predicted molar refractivity (Wildman–Crippen MR) is 135 cm³/mol. The van der Waals surface area contributed by atoms with Crippen LogP contribution in [0.1, 0.15) is 79.5 Å². The van der Waals surface area contributed by atoms with Crippen molar-refractivity contribution in [3.8, 4) is 0 Å². The van der Waals surface area contributed by atoms with Crippen LogP contribution >= 0.6 is 11.3 Å². The van der Waals surface area contributed by atoms with E-state index in [1.54, 1.807) is 11.3 Å². The highest BCUT2D eigenvalue weighted by Gasteiger charge is 2.33. The summed E-state index contributed by atoms with van der Waals surface area (Å²) in [5.74, 6) is 0.414. The summed E-state index contributed by atoms with van der Waals surface area (Å²) in [4.78, 5) is 33.8. The van der Waals surface area contributed by atoms with E-state index in [-0.39, 0.29) is 30.3 Å². The van der Waals surface area contributed by atoms with Gasteiger partial charge in [-0.1, -0.05) is 68.9 Å². The van der Waals surface area contributed by atoms with Crippen LogP contribution in [0.4, 0.5) is 0 Å². The lowest BCUT2D eigenvalue weighted by molar-refractivity contribution is -0.147. The molecule has 2 aliphatic rings. The molecule has 1 aromatic heterocycles. The minimum absolute atomic E-state index is 0.0691. The van der Waals surface area contributed by atoms with Gasteiger partial charge in [-0.15, -0.1) is 11.3 Å². The van der Waals surface area contributed by atoms with Crippen LogP contribution in [0.2, 0.25) is 0 Å². The molecule has 0 N–H and O–H groups in total. The third-order valence-electron chi connectivity index (χ3n) is 7.27. The summed E-state index contributed by atoms with van der Waals surface area (Å²) in [6, 6.07) is 14.7. The Morgan fingerprint density at radius 1 is 0.848 bits per heavy atom. The normalized spacial score (nSPS) is 17.6. The summed E-state index contributed by atoms with van der Waals surface area (Å²) < 4.78 is 0. The van der Waals surface area contributed by atoms with Crippen LogP contribution in [0, 0.1) is 12.8 Å². The summed E-state index contributed by atoms with van der Waals surface area (Å²) in [6.45, 7) is 3.50. The van der Waals surface area contributed by atoms with Crippen molar-refractivity contribution in [1.82, 2.24) is 9.80 Å². The molecule has 0 spiro atoms. The zero-order valence-corrected chi connectivity index (χ0v) is 20.8. The SMILES string of the molecule is Cc1ccc(CN(Cc2ccccc2)C(=O)CN(C(=O)C2CCCCC2)C2CCCCC2)s1. The molecule has 1 aromatic carbocycles. The van der Waals surface area contributed by atoms with Gasteiger partial charge in [-0.3, -0.25) is 9.59 Å². The average Bonchev–Trinajstić information content (AvgIpc) is 3.27. The Morgan fingerprint density at radius 3 is 2.15 bits per heavy atom. The number of thiophene rings is 1. The molecule has 0 radical (unpaired) electrons. The fraction of sp³-hybridized carbons (Fsp3) is 0.571. The summed E-state index contributed by atoms with van der Waals surface area (Å²) in [6.07, 6.45) is 11.1. The fourth-order valence-electron chi connectivity index (χ4n) is 5.40. The first-order valence-electron chi connectivity index (χ1n) is 12.8. The minimum Gasteiger partial charge on any atom is -0.332 e. The van der Waals surface area contributed by atoms with E-state index >= 15 is 0 Å². The smallest absolute Gasteiger partial charge is 0.242 e. The fourth-order valence-corrected chi connectivity index (χ4v) is 6.31. The van der Waals surface area contributed by atoms with E-state index in [1.165, 1.54) is 22.6 Å². The zero-order chi connectivity index (χ0) is 23.0. The molecular weight excluding hydrogens is 428 g/mol. The molecule has 0 atom stereocenters. The largest absolute Gasteiger partial charge is 0.332 e. The van der Waals surface area contributed by atoms with Crippen molar-refractivity contribution in [2.24, 2.45) is 5.92 Å². The van der Waals surface area contributed by atoms with E-state index in [1.807, 2.05) is 28.0 Å². The van der Waals surface area contributed by atoms with Crippen LogP contribution in [0.15, 0.2) is 42.5 Å². The second-order valence-corrected chi connectivity index (χ2v) is 11.2. The zero-order valence-electron chi connectivity index (χ0n) is 20.0.